The highest BCUT2D eigenvalue weighted by Gasteiger charge is 2.40. The third-order valence-electron chi connectivity index (χ3n) is 7.47. The Balaban J connectivity index is 1.82. The second kappa shape index (κ2) is 10.3. The molecule has 3 aromatic rings. The predicted octanol–water partition coefficient (Wildman–Crippen LogP) is 5.85. The number of aromatic nitrogens is 1. The van der Waals surface area contributed by atoms with Crippen LogP contribution in [0.1, 0.15) is 73.9 Å². The lowest BCUT2D eigenvalue weighted by molar-refractivity contribution is 0.0692. The number of rotatable bonds is 10. The van der Waals surface area contributed by atoms with Gasteiger partial charge in [-0.15, -0.1) is 0 Å². The van der Waals surface area contributed by atoms with Gasteiger partial charge in [-0.2, -0.15) is 0 Å². The maximum Gasteiger partial charge on any atom is 0.341 e. The van der Waals surface area contributed by atoms with E-state index in [2.05, 4.69) is 12.2 Å². The normalized spacial score (nSPS) is 14.6. The van der Waals surface area contributed by atoms with E-state index in [4.69, 9.17) is 5.73 Å². The van der Waals surface area contributed by atoms with E-state index in [0.29, 0.717) is 36.9 Å². The fraction of sp³-hybridized carbons (Fsp3) is 0.429. The molecule has 8 heteroatoms. The summed E-state index contributed by atoms with van der Waals surface area (Å²) >= 11 is 0. The summed E-state index contributed by atoms with van der Waals surface area (Å²) in [7, 11) is 0. The molecule has 1 aliphatic carbocycles. The molecule has 1 aliphatic rings. The fourth-order valence-electron chi connectivity index (χ4n) is 5.53. The van der Waals surface area contributed by atoms with Crippen molar-refractivity contribution in [2.24, 2.45) is 0 Å². The molecule has 1 aromatic heterocycles. The highest BCUT2D eigenvalue weighted by atomic mass is 19.1. The number of aromatic carboxylic acids is 1. The topological polar surface area (TPSA) is 97.4 Å². The zero-order chi connectivity index (χ0) is 26.0. The number of nitrogens with two attached hydrogens (primary N) is 1. The summed E-state index contributed by atoms with van der Waals surface area (Å²) in [5.41, 5.74) is 6.80. The first kappa shape index (κ1) is 25.7. The lowest BCUT2D eigenvalue weighted by Gasteiger charge is -2.45. The maximum absolute atomic E-state index is 15.6. The summed E-state index contributed by atoms with van der Waals surface area (Å²) in [5.74, 6) is -2.37. The number of halogens is 2. The molecule has 0 spiro atoms. The van der Waals surface area contributed by atoms with Gasteiger partial charge in [-0.25, -0.2) is 13.6 Å². The number of hydrogen-bond donors (Lipinski definition) is 3. The molecular weight excluding hydrogens is 464 g/mol. The SMILES string of the molecule is CCCC1(n2cc(C(=O)O)c(=O)c3c(N)c(F)c(NCCCc4ccc(F)cc4)c(CC)c32)CCC1. The Morgan fingerprint density at radius 2 is 1.89 bits per heavy atom. The maximum atomic E-state index is 15.6. The van der Waals surface area contributed by atoms with E-state index in [1.807, 2.05) is 11.5 Å². The molecule has 0 bridgehead atoms. The first-order valence-corrected chi connectivity index (χ1v) is 12.6. The van der Waals surface area contributed by atoms with Crippen LogP contribution in [0.3, 0.4) is 0 Å². The van der Waals surface area contributed by atoms with E-state index in [9.17, 15) is 19.1 Å². The Bertz CT molecular complexity index is 1350. The number of nitrogens with zero attached hydrogens (tertiary/aromatic N) is 1. The van der Waals surface area contributed by atoms with Crippen LogP contribution in [0.25, 0.3) is 10.9 Å². The first-order chi connectivity index (χ1) is 17.2. The van der Waals surface area contributed by atoms with Crippen LogP contribution >= 0.6 is 0 Å². The van der Waals surface area contributed by atoms with Gasteiger partial charge in [0.15, 0.2) is 5.82 Å². The monoisotopic (exact) mass is 497 g/mol. The number of benzene rings is 2. The molecule has 0 radical (unpaired) electrons. The van der Waals surface area contributed by atoms with Gasteiger partial charge < -0.3 is 20.7 Å². The van der Waals surface area contributed by atoms with Crippen molar-refractivity contribution in [2.45, 2.75) is 70.8 Å². The van der Waals surface area contributed by atoms with Crippen molar-refractivity contribution >= 4 is 28.2 Å². The van der Waals surface area contributed by atoms with Crippen molar-refractivity contribution in [1.29, 1.82) is 0 Å². The summed E-state index contributed by atoms with van der Waals surface area (Å²) < 4.78 is 30.7. The standard InChI is InChI=1S/C28H33F2N3O3/c1-3-12-28(13-6-14-28)33-16-20(27(35)36)26(34)21-23(31)22(30)24(19(4-2)25(21)33)32-15-5-7-17-8-10-18(29)11-9-17/h8-11,16,32H,3-7,12-15,31H2,1-2H3,(H,35,36). The van der Waals surface area contributed by atoms with E-state index < -0.39 is 22.8 Å². The summed E-state index contributed by atoms with van der Waals surface area (Å²) in [5, 5.41) is 12.9. The van der Waals surface area contributed by atoms with Crippen molar-refractivity contribution in [3.63, 3.8) is 0 Å². The predicted molar refractivity (Wildman–Crippen MR) is 139 cm³/mol. The van der Waals surface area contributed by atoms with Gasteiger partial charge in [0.05, 0.1) is 22.3 Å². The van der Waals surface area contributed by atoms with Crippen LogP contribution < -0.4 is 16.5 Å². The van der Waals surface area contributed by atoms with Crippen molar-refractivity contribution in [2.75, 3.05) is 17.6 Å². The third kappa shape index (κ3) is 4.45. The molecule has 4 N–H and O–H groups in total. The Morgan fingerprint density at radius 1 is 1.19 bits per heavy atom. The number of aryl methyl sites for hydroxylation is 2. The van der Waals surface area contributed by atoms with E-state index in [1.165, 1.54) is 18.3 Å². The van der Waals surface area contributed by atoms with Crippen LogP contribution in [0.15, 0.2) is 35.3 Å². The average molecular weight is 498 g/mol. The van der Waals surface area contributed by atoms with Gasteiger partial charge in [0.2, 0.25) is 5.43 Å². The van der Waals surface area contributed by atoms with Crippen molar-refractivity contribution in [1.82, 2.24) is 4.57 Å². The van der Waals surface area contributed by atoms with Gasteiger partial charge in [0.25, 0.3) is 0 Å². The largest absolute Gasteiger partial charge is 0.477 e. The molecule has 192 valence electrons. The Labute approximate surface area is 209 Å². The second-order valence-corrected chi connectivity index (χ2v) is 9.69. The highest BCUT2D eigenvalue weighted by molar-refractivity contribution is 6.01. The van der Waals surface area contributed by atoms with Gasteiger partial charge in [0, 0.05) is 23.8 Å². The molecule has 0 amide bonds. The number of hydrogen-bond acceptors (Lipinski definition) is 4. The Morgan fingerprint density at radius 3 is 2.44 bits per heavy atom. The molecule has 1 heterocycles. The van der Waals surface area contributed by atoms with E-state index in [0.717, 1.165) is 37.7 Å². The van der Waals surface area contributed by atoms with E-state index in [-0.39, 0.29) is 28.1 Å². The molecule has 0 aliphatic heterocycles. The molecule has 0 saturated heterocycles. The van der Waals surface area contributed by atoms with Crippen LogP contribution in [0.5, 0.6) is 0 Å². The molecule has 6 nitrogen and oxygen atoms in total. The summed E-state index contributed by atoms with van der Waals surface area (Å²) in [4.78, 5) is 25.2. The van der Waals surface area contributed by atoms with Crippen LogP contribution in [0.4, 0.5) is 20.2 Å². The Kier molecular flexibility index (Phi) is 7.33. The summed E-state index contributed by atoms with van der Waals surface area (Å²) in [6, 6.07) is 6.29. The van der Waals surface area contributed by atoms with Gasteiger partial charge in [-0.1, -0.05) is 32.4 Å². The average Bonchev–Trinajstić information content (AvgIpc) is 2.83. The molecular formula is C28H33F2N3O3. The number of carboxylic acids is 1. The second-order valence-electron chi connectivity index (χ2n) is 9.69. The molecule has 0 unspecified atom stereocenters. The smallest absolute Gasteiger partial charge is 0.341 e. The molecule has 1 fully saturated rings. The van der Waals surface area contributed by atoms with Gasteiger partial charge in [-0.3, -0.25) is 4.79 Å². The van der Waals surface area contributed by atoms with Crippen LogP contribution in [0, 0.1) is 11.6 Å². The molecule has 1 saturated carbocycles. The number of pyridine rings is 1. The van der Waals surface area contributed by atoms with Crippen molar-refractivity contribution < 1.29 is 18.7 Å². The highest BCUT2D eigenvalue weighted by Crippen LogP contribution is 2.46. The molecule has 36 heavy (non-hydrogen) atoms. The van der Waals surface area contributed by atoms with Gasteiger partial charge in [0.1, 0.15) is 11.4 Å². The number of nitrogens with one attached hydrogen (secondary N) is 1. The van der Waals surface area contributed by atoms with Crippen LogP contribution in [-0.4, -0.2) is 22.2 Å². The minimum Gasteiger partial charge on any atom is -0.477 e. The van der Waals surface area contributed by atoms with Gasteiger partial charge >= 0.3 is 5.97 Å². The Hall–Kier alpha value is -3.42. The lowest BCUT2D eigenvalue weighted by atomic mass is 9.73. The zero-order valence-electron chi connectivity index (χ0n) is 20.8. The van der Waals surface area contributed by atoms with Crippen molar-refractivity contribution in [3.8, 4) is 0 Å². The van der Waals surface area contributed by atoms with E-state index in [1.54, 1.807) is 12.1 Å². The summed E-state index contributed by atoms with van der Waals surface area (Å²) in [6.45, 7) is 4.41. The molecule has 0 atom stereocenters. The third-order valence-corrected chi connectivity index (χ3v) is 7.47. The number of carbonyl (C=O) groups is 1. The van der Waals surface area contributed by atoms with Crippen LogP contribution in [0.2, 0.25) is 0 Å². The van der Waals surface area contributed by atoms with E-state index >= 15 is 4.39 Å². The van der Waals surface area contributed by atoms with Crippen molar-refractivity contribution in [3.05, 3.63) is 69.0 Å². The molecule has 2 aromatic carbocycles. The summed E-state index contributed by atoms with van der Waals surface area (Å²) in [6.07, 6.45) is 7.68. The number of fused-ring (bicyclic) bond motifs is 1. The van der Waals surface area contributed by atoms with Crippen LogP contribution in [-0.2, 0) is 18.4 Å². The quantitative estimate of drug-likeness (QED) is 0.241. The van der Waals surface area contributed by atoms with Gasteiger partial charge in [-0.05, 0) is 62.6 Å². The number of nitrogen functional groups attached to an aromatic ring is 1. The number of carboxylic acid groups (broad SMARTS) is 1. The lowest BCUT2D eigenvalue weighted by Crippen LogP contribution is -2.42. The zero-order valence-corrected chi connectivity index (χ0v) is 20.8. The minimum atomic E-state index is -1.34. The fourth-order valence-corrected chi connectivity index (χ4v) is 5.53. The first-order valence-electron chi connectivity index (χ1n) is 12.6. The minimum absolute atomic E-state index is 0.0523. The number of anilines is 2. The molecule has 4 rings (SSSR count).